The number of carbonyl (C=O) groups excluding carboxylic acids is 2. The van der Waals surface area contributed by atoms with Gasteiger partial charge in [-0.15, -0.1) is 0 Å². The Morgan fingerprint density at radius 1 is 1.31 bits per heavy atom. The van der Waals surface area contributed by atoms with Gasteiger partial charge in [0.1, 0.15) is 0 Å². The molecular weight excluding hydrogens is 214 g/mol. The lowest BCUT2D eigenvalue weighted by molar-refractivity contribution is -0.164. The van der Waals surface area contributed by atoms with Crippen LogP contribution in [0.25, 0.3) is 0 Å². The molecule has 1 amide bonds. The fourth-order valence-corrected chi connectivity index (χ4v) is 0.896. The minimum absolute atomic E-state index is 0.0917. The van der Waals surface area contributed by atoms with E-state index in [1.807, 2.05) is 6.92 Å². The molecule has 0 rings (SSSR count). The van der Waals surface area contributed by atoms with Gasteiger partial charge in [0.25, 0.3) is 0 Å². The van der Waals surface area contributed by atoms with E-state index in [1.54, 1.807) is 0 Å². The zero-order valence-electron chi connectivity index (χ0n) is 9.86. The van der Waals surface area contributed by atoms with E-state index in [0.717, 1.165) is 0 Å². The molecule has 0 saturated heterocycles. The van der Waals surface area contributed by atoms with Crippen molar-refractivity contribution < 1.29 is 24.2 Å². The average molecular weight is 233 g/mol. The van der Waals surface area contributed by atoms with Crippen LogP contribution in [0.1, 0.15) is 33.6 Å². The summed E-state index contributed by atoms with van der Waals surface area (Å²) in [5.74, 6) is -0.404. The van der Waals surface area contributed by atoms with Gasteiger partial charge in [0.15, 0.2) is 0 Å². The summed E-state index contributed by atoms with van der Waals surface area (Å²) in [6.07, 6.45) is -1.32. The van der Waals surface area contributed by atoms with Crippen LogP contribution in [0.4, 0.5) is 4.79 Å². The quantitative estimate of drug-likeness (QED) is 0.523. The Morgan fingerprint density at radius 2 is 1.94 bits per heavy atom. The molecule has 0 aliphatic rings. The number of aliphatic hydroxyl groups is 1. The number of hydrogen-bond acceptors (Lipinski definition) is 5. The third-order valence-electron chi connectivity index (χ3n) is 1.57. The Morgan fingerprint density at radius 3 is 2.44 bits per heavy atom. The van der Waals surface area contributed by atoms with Crippen LogP contribution in [0.2, 0.25) is 0 Å². The summed E-state index contributed by atoms with van der Waals surface area (Å²) in [5.41, 5.74) is 0. The first-order valence-corrected chi connectivity index (χ1v) is 5.27. The second-order valence-corrected chi connectivity index (χ2v) is 3.44. The van der Waals surface area contributed by atoms with Crippen LogP contribution in [0, 0.1) is 0 Å². The zero-order chi connectivity index (χ0) is 12.6. The summed E-state index contributed by atoms with van der Waals surface area (Å²) >= 11 is 0. The molecular formula is C10H19NO5. The van der Waals surface area contributed by atoms with E-state index in [0.29, 0.717) is 12.8 Å². The molecule has 0 saturated carbocycles. The second-order valence-electron chi connectivity index (χ2n) is 3.44. The highest BCUT2D eigenvalue weighted by Gasteiger charge is 2.13. The van der Waals surface area contributed by atoms with E-state index in [2.05, 4.69) is 5.32 Å². The van der Waals surface area contributed by atoms with Gasteiger partial charge < -0.3 is 19.9 Å². The minimum Gasteiger partial charge on any atom is -0.425 e. The van der Waals surface area contributed by atoms with Crippen molar-refractivity contribution in [3.8, 4) is 0 Å². The van der Waals surface area contributed by atoms with Crippen molar-refractivity contribution in [3.05, 3.63) is 0 Å². The third kappa shape index (κ3) is 8.05. The zero-order valence-corrected chi connectivity index (χ0v) is 9.86. The molecule has 2 N–H and O–H groups in total. The number of alkyl carbamates (subject to hydrolysis) is 1. The fraction of sp³-hybridized carbons (Fsp3) is 0.800. The molecule has 0 aromatic rings. The number of hydrogen-bond donors (Lipinski definition) is 2. The Bertz CT molecular complexity index is 229. The average Bonchev–Trinajstić information content (AvgIpc) is 2.14. The largest absolute Gasteiger partial charge is 0.425 e. The summed E-state index contributed by atoms with van der Waals surface area (Å²) in [5, 5.41) is 11.2. The van der Waals surface area contributed by atoms with Crippen LogP contribution in [0.15, 0.2) is 0 Å². The molecule has 0 aliphatic carbocycles. The lowest BCUT2D eigenvalue weighted by atomic mass is 10.3. The molecule has 2 atom stereocenters. The van der Waals surface area contributed by atoms with E-state index in [-0.39, 0.29) is 6.54 Å². The number of esters is 1. The van der Waals surface area contributed by atoms with Gasteiger partial charge in [-0.3, -0.25) is 4.79 Å². The van der Waals surface area contributed by atoms with Gasteiger partial charge in [-0.2, -0.15) is 0 Å². The first-order chi connectivity index (χ1) is 7.45. The number of carbonyl (C=O) groups is 2. The smallest absolute Gasteiger partial charge is 0.410 e. The van der Waals surface area contributed by atoms with E-state index in [9.17, 15) is 9.59 Å². The molecule has 0 spiro atoms. The molecule has 0 aliphatic heterocycles. The van der Waals surface area contributed by atoms with E-state index >= 15 is 0 Å². The van der Waals surface area contributed by atoms with Gasteiger partial charge in [0.05, 0.1) is 6.10 Å². The summed E-state index contributed by atoms with van der Waals surface area (Å²) in [6, 6.07) is 0. The molecule has 0 radical (unpaired) electrons. The molecule has 6 heteroatoms. The molecule has 0 aromatic carbocycles. The predicted octanol–water partition coefficient (Wildman–Crippen LogP) is 0.783. The molecule has 0 fully saturated rings. The second kappa shape index (κ2) is 7.92. The van der Waals surface area contributed by atoms with Gasteiger partial charge in [0.2, 0.25) is 6.29 Å². The highest BCUT2D eigenvalue weighted by Crippen LogP contribution is 1.99. The van der Waals surface area contributed by atoms with Crippen LogP contribution >= 0.6 is 0 Å². The molecule has 0 heterocycles. The number of amides is 1. The lowest BCUT2D eigenvalue weighted by Crippen LogP contribution is -2.34. The maximum absolute atomic E-state index is 11.1. The maximum Gasteiger partial charge on any atom is 0.410 e. The Labute approximate surface area is 94.9 Å². The third-order valence-corrected chi connectivity index (χ3v) is 1.57. The van der Waals surface area contributed by atoms with E-state index < -0.39 is 24.5 Å². The highest BCUT2D eigenvalue weighted by molar-refractivity contribution is 5.70. The van der Waals surface area contributed by atoms with Crippen molar-refractivity contribution in [3.63, 3.8) is 0 Å². The van der Waals surface area contributed by atoms with Gasteiger partial charge in [-0.05, 0) is 13.3 Å². The summed E-state index contributed by atoms with van der Waals surface area (Å²) in [7, 11) is 0. The first kappa shape index (κ1) is 14.7. The van der Waals surface area contributed by atoms with Crippen molar-refractivity contribution in [2.75, 3.05) is 6.54 Å². The Kier molecular flexibility index (Phi) is 7.28. The van der Waals surface area contributed by atoms with Crippen LogP contribution in [-0.2, 0) is 14.3 Å². The molecule has 1 unspecified atom stereocenters. The minimum atomic E-state index is -0.923. The van der Waals surface area contributed by atoms with Crippen LogP contribution in [0.3, 0.4) is 0 Å². The fourth-order valence-electron chi connectivity index (χ4n) is 0.896. The highest BCUT2D eigenvalue weighted by atomic mass is 16.7. The SMILES string of the molecule is CCCC(=O)OC(C)OC(=O)NC[C@H](C)O. The number of ether oxygens (including phenoxy) is 2. The normalized spacial score (nSPS) is 13.8. The first-order valence-electron chi connectivity index (χ1n) is 5.27. The number of aliphatic hydroxyl groups excluding tert-OH is 1. The summed E-state index contributed by atoms with van der Waals surface area (Å²) in [6.45, 7) is 4.93. The maximum atomic E-state index is 11.1. The van der Waals surface area contributed by atoms with E-state index in [1.165, 1.54) is 13.8 Å². The molecule has 6 nitrogen and oxygen atoms in total. The van der Waals surface area contributed by atoms with Crippen LogP contribution in [-0.4, -0.2) is 36.1 Å². The van der Waals surface area contributed by atoms with Crippen molar-refractivity contribution in [2.45, 2.75) is 46.0 Å². The van der Waals surface area contributed by atoms with Crippen LogP contribution in [0.5, 0.6) is 0 Å². The predicted molar refractivity (Wildman–Crippen MR) is 56.6 cm³/mol. The molecule has 0 aromatic heterocycles. The molecule has 16 heavy (non-hydrogen) atoms. The van der Waals surface area contributed by atoms with Gasteiger partial charge in [-0.1, -0.05) is 6.92 Å². The topological polar surface area (TPSA) is 84.9 Å². The summed E-state index contributed by atoms with van der Waals surface area (Å²) < 4.78 is 9.50. The standard InChI is InChI=1S/C10H19NO5/c1-4-5-9(13)15-8(3)16-10(14)11-6-7(2)12/h7-8,12H,4-6H2,1-3H3,(H,11,14)/t7-,8?/m0/s1. The van der Waals surface area contributed by atoms with Gasteiger partial charge in [-0.25, -0.2) is 4.79 Å². The van der Waals surface area contributed by atoms with Crippen molar-refractivity contribution in [1.29, 1.82) is 0 Å². The monoisotopic (exact) mass is 233 g/mol. The van der Waals surface area contributed by atoms with Crippen molar-refractivity contribution in [2.24, 2.45) is 0 Å². The number of nitrogens with one attached hydrogen (secondary N) is 1. The molecule has 94 valence electrons. The summed E-state index contributed by atoms with van der Waals surface area (Å²) in [4.78, 5) is 22.1. The van der Waals surface area contributed by atoms with Gasteiger partial charge in [0, 0.05) is 19.9 Å². The Balaban J connectivity index is 3.73. The molecule has 0 bridgehead atoms. The van der Waals surface area contributed by atoms with E-state index in [4.69, 9.17) is 14.6 Å². The Hall–Kier alpha value is -1.30. The van der Waals surface area contributed by atoms with Crippen molar-refractivity contribution >= 4 is 12.1 Å². The van der Waals surface area contributed by atoms with Crippen LogP contribution < -0.4 is 5.32 Å². The van der Waals surface area contributed by atoms with Gasteiger partial charge >= 0.3 is 12.1 Å². The lowest BCUT2D eigenvalue weighted by Gasteiger charge is -2.14. The van der Waals surface area contributed by atoms with Crippen molar-refractivity contribution in [1.82, 2.24) is 5.32 Å². The number of rotatable bonds is 6.